The third kappa shape index (κ3) is 3.89. The van der Waals surface area contributed by atoms with Crippen molar-refractivity contribution in [2.24, 2.45) is 0 Å². The van der Waals surface area contributed by atoms with Crippen LogP contribution in [0.1, 0.15) is 17.7 Å². The molecule has 3 rings (SSSR count). The van der Waals surface area contributed by atoms with Crippen LogP contribution >= 0.6 is 23.4 Å². The van der Waals surface area contributed by atoms with Gasteiger partial charge in [-0.05, 0) is 25.0 Å². The summed E-state index contributed by atoms with van der Waals surface area (Å²) in [5.74, 6) is 0.541. The molecule has 0 unspecified atom stereocenters. The molecule has 0 amide bonds. The zero-order chi connectivity index (χ0) is 17.8. The van der Waals surface area contributed by atoms with E-state index in [2.05, 4.69) is 15.2 Å². The van der Waals surface area contributed by atoms with E-state index in [1.54, 1.807) is 11.7 Å². The molecule has 2 heterocycles. The first-order valence-electron chi connectivity index (χ1n) is 7.92. The number of ether oxygens (including phenoxy) is 1. The average Bonchev–Trinajstić information content (AvgIpc) is 2.97. The van der Waals surface area contributed by atoms with Crippen molar-refractivity contribution in [3.63, 3.8) is 0 Å². The summed E-state index contributed by atoms with van der Waals surface area (Å²) in [6, 6.07) is 7.93. The molecular weight excluding hydrogens is 360 g/mol. The number of hydrogen-bond acceptors (Lipinski definition) is 5. The van der Waals surface area contributed by atoms with Crippen LogP contribution in [0.15, 0.2) is 34.2 Å². The maximum atomic E-state index is 11.9. The molecule has 0 atom stereocenters. The second kappa shape index (κ2) is 8.03. The molecule has 1 aromatic carbocycles. The van der Waals surface area contributed by atoms with Gasteiger partial charge in [0.05, 0.1) is 16.2 Å². The highest BCUT2D eigenvalue weighted by molar-refractivity contribution is 7.98. The highest BCUT2D eigenvalue weighted by Gasteiger charge is 2.13. The van der Waals surface area contributed by atoms with Gasteiger partial charge >= 0.3 is 5.69 Å². The van der Waals surface area contributed by atoms with Gasteiger partial charge in [-0.2, -0.15) is 0 Å². The summed E-state index contributed by atoms with van der Waals surface area (Å²) < 4.78 is 6.66. The van der Waals surface area contributed by atoms with Crippen molar-refractivity contribution < 1.29 is 4.74 Å². The van der Waals surface area contributed by atoms with Gasteiger partial charge in [-0.1, -0.05) is 41.6 Å². The smallest absolute Gasteiger partial charge is 0.343 e. The molecule has 0 aliphatic rings. The Morgan fingerprint density at radius 2 is 2.16 bits per heavy atom. The van der Waals surface area contributed by atoms with E-state index in [9.17, 15) is 4.79 Å². The second-order valence-electron chi connectivity index (χ2n) is 5.61. The number of benzene rings is 1. The van der Waals surface area contributed by atoms with Crippen molar-refractivity contribution >= 4 is 34.3 Å². The van der Waals surface area contributed by atoms with Crippen molar-refractivity contribution in [3.05, 3.63) is 51.0 Å². The number of aromatic amines is 1. The van der Waals surface area contributed by atoms with Gasteiger partial charge in [0, 0.05) is 31.4 Å². The third-order valence-electron chi connectivity index (χ3n) is 3.94. The maximum absolute atomic E-state index is 11.9. The number of nitrogens with one attached hydrogen (secondary N) is 1. The summed E-state index contributed by atoms with van der Waals surface area (Å²) >= 11 is 7.94. The molecule has 0 saturated heterocycles. The molecule has 0 aliphatic heterocycles. The zero-order valence-corrected chi connectivity index (χ0v) is 15.7. The van der Waals surface area contributed by atoms with Crippen LogP contribution in [0.3, 0.4) is 0 Å². The van der Waals surface area contributed by atoms with Crippen LogP contribution in [0, 0.1) is 6.92 Å². The summed E-state index contributed by atoms with van der Waals surface area (Å²) in [6.45, 7) is 3.15. The molecule has 0 bridgehead atoms. The van der Waals surface area contributed by atoms with Gasteiger partial charge in [0.15, 0.2) is 5.16 Å². The molecule has 2 aromatic heterocycles. The fraction of sp³-hybridized carbons (Fsp3) is 0.353. The van der Waals surface area contributed by atoms with Gasteiger partial charge in [0.25, 0.3) is 0 Å². The Morgan fingerprint density at radius 1 is 1.36 bits per heavy atom. The second-order valence-corrected chi connectivity index (χ2v) is 6.93. The Balaban J connectivity index is 1.82. The number of halogens is 1. The van der Waals surface area contributed by atoms with E-state index in [4.69, 9.17) is 16.3 Å². The quantitative estimate of drug-likeness (QED) is 0.503. The normalized spacial score (nSPS) is 11.3. The summed E-state index contributed by atoms with van der Waals surface area (Å²) in [4.78, 5) is 16.6. The first kappa shape index (κ1) is 18.0. The molecule has 0 radical (unpaired) electrons. The van der Waals surface area contributed by atoms with Gasteiger partial charge in [0.2, 0.25) is 0 Å². The lowest BCUT2D eigenvalue weighted by Crippen LogP contribution is -2.18. The minimum absolute atomic E-state index is 0.215. The van der Waals surface area contributed by atoms with Crippen LogP contribution < -0.4 is 5.69 Å². The number of fused-ring (bicyclic) bond motifs is 1. The Labute approximate surface area is 154 Å². The Bertz CT molecular complexity index is 938. The van der Waals surface area contributed by atoms with Crippen molar-refractivity contribution in [2.75, 3.05) is 13.7 Å². The highest BCUT2D eigenvalue weighted by Crippen LogP contribution is 2.30. The van der Waals surface area contributed by atoms with E-state index in [0.717, 1.165) is 28.6 Å². The summed E-state index contributed by atoms with van der Waals surface area (Å²) in [5.41, 5.74) is 2.51. The summed E-state index contributed by atoms with van der Waals surface area (Å²) in [6.07, 6.45) is 0.748. The SMILES string of the molecule is COCCCn1c(SCc2nc3ccccc3c(C)c2Cl)n[nH]c1=O. The molecule has 0 aliphatic carbocycles. The van der Waals surface area contributed by atoms with E-state index >= 15 is 0 Å². The number of pyridine rings is 1. The van der Waals surface area contributed by atoms with Gasteiger partial charge < -0.3 is 4.74 Å². The van der Waals surface area contributed by atoms with E-state index in [-0.39, 0.29) is 5.69 Å². The van der Waals surface area contributed by atoms with Gasteiger partial charge in [-0.25, -0.2) is 9.89 Å². The fourth-order valence-electron chi connectivity index (χ4n) is 2.62. The average molecular weight is 379 g/mol. The highest BCUT2D eigenvalue weighted by atomic mass is 35.5. The standard InChI is InChI=1S/C17H19ClN4O2S/c1-11-12-6-3-4-7-13(12)19-14(15(11)18)10-25-17-21-20-16(23)22(17)8-5-9-24-2/h3-4,6-7H,5,8-10H2,1-2H3,(H,20,23). The minimum Gasteiger partial charge on any atom is -0.385 e. The van der Waals surface area contributed by atoms with E-state index in [1.165, 1.54) is 11.8 Å². The predicted molar refractivity (Wildman–Crippen MR) is 100 cm³/mol. The lowest BCUT2D eigenvalue weighted by Gasteiger charge is -2.10. The number of thioether (sulfide) groups is 1. The van der Waals surface area contributed by atoms with E-state index < -0.39 is 0 Å². The first-order valence-corrected chi connectivity index (χ1v) is 9.29. The van der Waals surface area contributed by atoms with Crippen molar-refractivity contribution in [2.45, 2.75) is 30.8 Å². The Hall–Kier alpha value is -1.83. The van der Waals surface area contributed by atoms with Crippen LogP contribution in [0.5, 0.6) is 0 Å². The van der Waals surface area contributed by atoms with E-state index in [1.807, 2.05) is 31.2 Å². The number of rotatable bonds is 7. The molecule has 25 heavy (non-hydrogen) atoms. The summed E-state index contributed by atoms with van der Waals surface area (Å²) in [7, 11) is 1.64. The Morgan fingerprint density at radius 3 is 2.96 bits per heavy atom. The first-order chi connectivity index (χ1) is 12.1. The van der Waals surface area contributed by atoms with Crippen molar-refractivity contribution in [3.8, 4) is 0 Å². The number of aromatic nitrogens is 4. The zero-order valence-electron chi connectivity index (χ0n) is 14.1. The molecule has 6 nitrogen and oxygen atoms in total. The van der Waals surface area contributed by atoms with Gasteiger partial charge in [-0.15, -0.1) is 5.10 Å². The fourth-order valence-corrected chi connectivity index (χ4v) is 3.83. The molecular formula is C17H19ClN4O2S. The number of aryl methyl sites for hydroxylation is 1. The Kier molecular flexibility index (Phi) is 5.78. The topological polar surface area (TPSA) is 72.8 Å². The number of methoxy groups -OCH3 is 1. The molecule has 3 aromatic rings. The number of para-hydroxylation sites is 1. The monoisotopic (exact) mass is 378 g/mol. The van der Waals surface area contributed by atoms with Gasteiger partial charge in [0.1, 0.15) is 0 Å². The van der Waals surface area contributed by atoms with Crippen LogP contribution in [-0.4, -0.2) is 33.5 Å². The molecule has 132 valence electrons. The lowest BCUT2D eigenvalue weighted by atomic mass is 10.1. The van der Waals surface area contributed by atoms with E-state index in [0.29, 0.717) is 29.1 Å². The molecule has 0 saturated carbocycles. The van der Waals surface area contributed by atoms with Crippen molar-refractivity contribution in [1.29, 1.82) is 0 Å². The molecule has 8 heteroatoms. The number of nitrogens with zero attached hydrogens (tertiary/aromatic N) is 3. The molecule has 0 fully saturated rings. The number of hydrogen-bond donors (Lipinski definition) is 1. The largest absolute Gasteiger partial charge is 0.385 e. The van der Waals surface area contributed by atoms with Gasteiger partial charge in [-0.3, -0.25) is 9.55 Å². The minimum atomic E-state index is -0.215. The maximum Gasteiger partial charge on any atom is 0.343 e. The molecule has 0 spiro atoms. The number of H-pyrrole nitrogens is 1. The van der Waals surface area contributed by atoms with Crippen LogP contribution in [-0.2, 0) is 17.0 Å². The third-order valence-corrected chi connectivity index (χ3v) is 5.43. The molecule has 1 N–H and O–H groups in total. The lowest BCUT2D eigenvalue weighted by molar-refractivity contribution is 0.189. The van der Waals surface area contributed by atoms with Crippen LogP contribution in [0.4, 0.5) is 0 Å². The van der Waals surface area contributed by atoms with Crippen molar-refractivity contribution in [1.82, 2.24) is 19.7 Å². The van der Waals surface area contributed by atoms with Crippen LogP contribution in [0.2, 0.25) is 5.02 Å². The predicted octanol–water partition coefficient (Wildman–Crippen LogP) is 3.41. The van der Waals surface area contributed by atoms with Crippen LogP contribution in [0.25, 0.3) is 10.9 Å². The summed E-state index contributed by atoms with van der Waals surface area (Å²) in [5, 5.41) is 8.94.